The van der Waals surface area contributed by atoms with Crippen LogP contribution < -0.4 is 5.32 Å². The van der Waals surface area contributed by atoms with E-state index in [9.17, 15) is 29.6 Å². The quantitative estimate of drug-likeness (QED) is 0.172. The summed E-state index contributed by atoms with van der Waals surface area (Å²) in [5.41, 5.74) is -0.0927. The van der Waals surface area contributed by atoms with Crippen molar-refractivity contribution in [2.45, 2.75) is 37.4 Å². The molecule has 2 N–H and O–H groups in total. The molecule has 5 atom stereocenters. The van der Waals surface area contributed by atoms with Crippen LogP contribution in [0.3, 0.4) is 0 Å². The van der Waals surface area contributed by atoms with E-state index < -0.39 is 52.5 Å². The fraction of sp³-hybridized carbons (Fsp3) is 0.206. The van der Waals surface area contributed by atoms with Crippen LogP contribution in [0.2, 0.25) is 0 Å². The SMILES string of the molecule is C[C@@]1(O)[C@@H](C(=O)OCc2ccccc2)[C@H](c2ccc([N+](=O)[O-])cc2)N2[C@H](c3ccccc3)[C@@H](NC(=O)c3ccccc3)C(=O)N21. The van der Waals surface area contributed by atoms with Crippen molar-refractivity contribution >= 4 is 23.5 Å². The summed E-state index contributed by atoms with van der Waals surface area (Å²) in [5, 5.41) is 29.1. The Morgan fingerprint density at radius 1 is 0.867 bits per heavy atom. The summed E-state index contributed by atoms with van der Waals surface area (Å²) >= 11 is 0. The number of rotatable bonds is 8. The van der Waals surface area contributed by atoms with Gasteiger partial charge in [-0.3, -0.25) is 24.5 Å². The number of amides is 2. The number of carbonyl (C=O) groups excluding carboxylic acids is 3. The van der Waals surface area contributed by atoms with Gasteiger partial charge in [0.25, 0.3) is 17.5 Å². The van der Waals surface area contributed by atoms with E-state index in [0.29, 0.717) is 16.7 Å². The average molecular weight is 607 g/mol. The Hall–Kier alpha value is -5.39. The molecule has 0 aliphatic carbocycles. The highest BCUT2D eigenvalue weighted by atomic mass is 16.6. The van der Waals surface area contributed by atoms with Crippen molar-refractivity contribution in [1.29, 1.82) is 0 Å². The minimum atomic E-state index is -2.10. The molecule has 0 aromatic heterocycles. The minimum absolute atomic E-state index is 0.0644. The molecule has 0 radical (unpaired) electrons. The fourth-order valence-corrected chi connectivity index (χ4v) is 6.25. The molecule has 228 valence electrons. The second-order valence-corrected chi connectivity index (χ2v) is 11.2. The van der Waals surface area contributed by atoms with E-state index in [1.807, 2.05) is 24.3 Å². The molecule has 2 aliphatic rings. The van der Waals surface area contributed by atoms with Gasteiger partial charge in [0.2, 0.25) is 0 Å². The van der Waals surface area contributed by atoms with Crippen LogP contribution >= 0.6 is 0 Å². The summed E-state index contributed by atoms with van der Waals surface area (Å²) in [6.07, 6.45) is 0. The smallest absolute Gasteiger partial charge is 0.316 e. The maximum atomic E-state index is 14.3. The highest BCUT2D eigenvalue weighted by Crippen LogP contribution is 2.55. The van der Waals surface area contributed by atoms with Crippen LogP contribution in [-0.4, -0.2) is 49.6 Å². The van der Waals surface area contributed by atoms with Crippen molar-refractivity contribution in [2.75, 3.05) is 0 Å². The minimum Gasteiger partial charge on any atom is -0.460 e. The third-order valence-corrected chi connectivity index (χ3v) is 8.31. The predicted molar refractivity (Wildman–Crippen MR) is 162 cm³/mol. The van der Waals surface area contributed by atoms with Gasteiger partial charge in [-0.2, -0.15) is 5.01 Å². The molecule has 0 spiro atoms. The third kappa shape index (κ3) is 5.43. The summed E-state index contributed by atoms with van der Waals surface area (Å²) in [7, 11) is 0. The lowest BCUT2D eigenvalue weighted by molar-refractivity contribution is -0.384. The third-order valence-electron chi connectivity index (χ3n) is 8.31. The van der Waals surface area contributed by atoms with Crippen LogP contribution in [0, 0.1) is 16.0 Å². The first kappa shape index (κ1) is 29.7. The molecule has 0 unspecified atom stereocenters. The van der Waals surface area contributed by atoms with E-state index in [1.54, 1.807) is 71.7 Å². The van der Waals surface area contributed by atoms with Gasteiger partial charge in [-0.15, -0.1) is 0 Å². The Labute approximate surface area is 258 Å². The van der Waals surface area contributed by atoms with Gasteiger partial charge in [-0.05, 0) is 35.7 Å². The molecule has 11 nitrogen and oxygen atoms in total. The number of hydrogen-bond acceptors (Lipinski definition) is 8. The van der Waals surface area contributed by atoms with Crippen LogP contribution in [0.5, 0.6) is 0 Å². The molecular weight excluding hydrogens is 576 g/mol. The predicted octanol–water partition coefficient (Wildman–Crippen LogP) is 4.32. The zero-order valence-electron chi connectivity index (χ0n) is 24.2. The molecule has 2 saturated heterocycles. The summed E-state index contributed by atoms with van der Waals surface area (Å²) in [4.78, 5) is 52.4. The van der Waals surface area contributed by atoms with Crippen LogP contribution in [0.25, 0.3) is 0 Å². The van der Waals surface area contributed by atoms with Gasteiger partial charge in [0.05, 0.1) is 17.0 Å². The number of ether oxygens (including phenoxy) is 1. The Bertz CT molecular complexity index is 1720. The topological polar surface area (TPSA) is 142 Å². The number of aliphatic hydroxyl groups is 1. The Morgan fingerprint density at radius 2 is 1.42 bits per heavy atom. The highest BCUT2D eigenvalue weighted by Gasteiger charge is 2.68. The van der Waals surface area contributed by atoms with Gasteiger partial charge in [0.15, 0.2) is 5.72 Å². The van der Waals surface area contributed by atoms with Crippen molar-refractivity contribution < 1.29 is 29.2 Å². The van der Waals surface area contributed by atoms with Crippen molar-refractivity contribution in [3.63, 3.8) is 0 Å². The molecule has 6 rings (SSSR count). The number of esters is 1. The summed E-state index contributed by atoms with van der Waals surface area (Å²) in [6.45, 7) is 1.30. The number of fused-ring (bicyclic) bond motifs is 1. The van der Waals surface area contributed by atoms with E-state index in [4.69, 9.17) is 4.74 Å². The monoisotopic (exact) mass is 606 g/mol. The van der Waals surface area contributed by atoms with Gasteiger partial charge in [0, 0.05) is 17.7 Å². The van der Waals surface area contributed by atoms with E-state index in [1.165, 1.54) is 31.2 Å². The lowest BCUT2D eigenvalue weighted by Gasteiger charge is -2.33. The maximum absolute atomic E-state index is 14.3. The zero-order chi connectivity index (χ0) is 31.7. The molecule has 0 bridgehead atoms. The Kier molecular flexibility index (Phi) is 7.88. The Balaban J connectivity index is 1.45. The largest absolute Gasteiger partial charge is 0.460 e. The number of benzene rings is 4. The van der Waals surface area contributed by atoms with E-state index >= 15 is 0 Å². The second kappa shape index (κ2) is 11.9. The fourth-order valence-electron chi connectivity index (χ4n) is 6.25. The highest BCUT2D eigenvalue weighted by molar-refractivity contribution is 5.98. The zero-order valence-corrected chi connectivity index (χ0v) is 24.2. The molecule has 2 amide bonds. The van der Waals surface area contributed by atoms with Gasteiger partial charge in [-0.25, -0.2) is 5.01 Å². The first-order valence-electron chi connectivity index (χ1n) is 14.4. The molecule has 4 aromatic carbocycles. The molecule has 2 fully saturated rings. The maximum Gasteiger partial charge on any atom is 0.316 e. The molecule has 11 heteroatoms. The number of nitrogens with one attached hydrogen (secondary N) is 1. The molecule has 2 heterocycles. The number of carbonyl (C=O) groups is 3. The second-order valence-electron chi connectivity index (χ2n) is 11.2. The van der Waals surface area contributed by atoms with E-state index in [-0.39, 0.29) is 12.3 Å². The van der Waals surface area contributed by atoms with Crippen LogP contribution in [0.1, 0.15) is 46.1 Å². The van der Waals surface area contributed by atoms with Crippen molar-refractivity contribution in [1.82, 2.24) is 15.3 Å². The number of nitro benzene ring substituents is 1. The van der Waals surface area contributed by atoms with Gasteiger partial charge >= 0.3 is 5.97 Å². The molecule has 2 aliphatic heterocycles. The normalized spacial score (nSPS) is 24.2. The molecule has 0 saturated carbocycles. The first-order chi connectivity index (χ1) is 21.7. The number of hydrogen-bond donors (Lipinski definition) is 2. The first-order valence-corrected chi connectivity index (χ1v) is 14.4. The van der Waals surface area contributed by atoms with E-state index in [0.717, 1.165) is 10.6 Å². The summed E-state index contributed by atoms with van der Waals surface area (Å²) in [5.74, 6) is -3.18. The van der Waals surface area contributed by atoms with Crippen LogP contribution in [-0.2, 0) is 20.9 Å². The van der Waals surface area contributed by atoms with Gasteiger partial charge in [-0.1, -0.05) is 91.0 Å². The van der Waals surface area contributed by atoms with Gasteiger partial charge in [0.1, 0.15) is 18.6 Å². The number of nitrogens with zero attached hydrogens (tertiary/aromatic N) is 3. The average Bonchev–Trinajstić information content (AvgIpc) is 3.48. The lowest BCUT2D eigenvalue weighted by atomic mass is 9.84. The van der Waals surface area contributed by atoms with Gasteiger partial charge < -0.3 is 15.2 Å². The van der Waals surface area contributed by atoms with Crippen LogP contribution in [0.15, 0.2) is 115 Å². The standard InChI is InChI=1S/C34H30N4O7/c1-34(42)27(33(41)45-21-22-11-5-2-6-12-22)29(24-17-19-26(20-18-24)38(43)44)36-30(23-13-7-3-8-14-23)28(32(40)37(34)36)35-31(39)25-15-9-4-10-16-25/h2-20,27-30,42H,21H2,1H3,(H,35,39)/t27-,28-,29+,30-,34-/m1/s1. The van der Waals surface area contributed by atoms with Crippen molar-refractivity contribution in [3.8, 4) is 0 Å². The molecule has 45 heavy (non-hydrogen) atoms. The number of non-ortho nitro benzene ring substituents is 1. The number of nitro groups is 1. The lowest BCUT2D eigenvalue weighted by Crippen LogP contribution is -2.53. The van der Waals surface area contributed by atoms with Crippen molar-refractivity contribution in [2.24, 2.45) is 5.92 Å². The molecule has 4 aromatic rings. The van der Waals surface area contributed by atoms with E-state index in [2.05, 4.69) is 5.32 Å². The van der Waals surface area contributed by atoms with Crippen LogP contribution in [0.4, 0.5) is 5.69 Å². The summed E-state index contributed by atoms with van der Waals surface area (Å²) in [6, 6.07) is 29.1. The summed E-state index contributed by atoms with van der Waals surface area (Å²) < 4.78 is 5.71. The Morgan fingerprint density at radius 3 is 2.02 bits per heavy atom. The number of hydrazine groups is 1. The molecular formula is C34H30N4O7. The van der Waals surface area contributed by atoms with Crippen molar-refractivity contribution in [3.05, 3.63) is 148 Å².